The van der Waals surface area contributed by atoms with E-state index in [4.69, 9.17) is 24.2 Å². The number of aromatic nitrogens is 2. The molecule has 2 fully saturated rings. The molecular weight excluding hydrogens is 511 g/mol. The summed E-state index contributed by atoms with van der Waals surface area (Å²) < 4.78 is 31.0. The molecule has 10 heteroatoms. The predicted molar refractivity (Wildman–Crippen MR) is 154 cm³/mol. The van der Waals surface area contributed by atoms with Gasteiger partial charge in [-0.05, 0) is 37.3 Å². The molecule has 2 saturated heterocycles. The first-order valence-electron chi connectivity index (χ1n) is 14.4. The second kappa shape index (κ2) is 12.5. The van der Waals surface area contributed by atoms with E-state index in [0.717, 1.165) is 80.4 Å². The van der Waals surface area contributed by atoms with Crippen LogP contribution in [-0.2, 0) is 17.7 Å². The topological polar surface area (TPSA) is 75.2 Å². The van der Waals surface area contributed by atoms with Crippen LogP contribution in [0.1, 0.15) is 24.1 Å². The summed E-state index contributed by atoms with van der Waals surface area (Å²) >= 11 is 0. The number of fused-ring (bicyclic) bond motifs is 2. The van der Waals surface area contributed by atoms with E-state index in [0.29, 0.717) is 38.7 Å². The highest BCUT2D eigenvalue weighted by atomic mass is 19.1. The summed E-state index contributed by atoms with van der Waals surface area (Å²) in [5.74, 6) is 1.77. The lowest BCUT2D eigenvalue weighted by Gasteiger charge is -2.35. The molecule has 0 spiro atoms. The smallest absolute Gasteiger partial charge is 0.318 e. The normalized spacial score (nSPS) is 20.0. The molecule has 40 heavy (non-hydrogen) atoms. The maximum absolute atomic E-state index is 13.9. The van der Waals surface area contributed by atoms with E-state index in [9.17, 15) is 4.39 Å². The lowest BCUT2D eigenvalue weighted by atomic mass is 10.0. The lowest BCUT2D eigenvalue weighted by Crippen LogP contribution is -2.45. The third kappa shape index (κ3) is 6.09. The summed E-state index contributed by atoms with van der Waals surface area (Å²) in [4.78, 5) is 16.7. The van der Waals surface area contributed by atoms with Crippen molar-refractivity contribution in [3.63, 3.8) is 0 Å². The molecule has 3 aromatic rings. The van der Waals surface area contributed by atoms with Crippen LogP contribution in [0.4, 0.5) is 15.9 Å². The van der Waals surface area contributed by atoms with Gasteiger partial charge in [-0.3, -0.25) is 4.90 Å². The Hall–Kier alpha value is -3.21. The van der Waals surface area contributed by atoms with Crippen molar-refractivity contribution in [3.8, 4) is 11.8 Å². The van der Waals surface area contributed by atoms with Gasteiger partial charge < -0.3 is 29.3 Å². The van der Waals surface area contributed by atoms with Crippen LogP contribution in [0.25, 0.3) is 10.8 Å². The van der Waals surface area contributed by atoms with E-state index in [2.05, 4.69) is 50.3 Å². The van der Waals surface area contributed by atoms with E-state index < -0.39 is 6.17 Å². The van der Waals surface area contributed by atoms with Gasteiger partial charge in [0.15, 0.2) is 6.79 Å². The molecule has 1 aromatic heterocycles. The molecular formula is C30H39FN6O3. The van der Waals surface area contributed by atoms with Gasteiger partial charge in [-0.2, -0.15) is 9.97 Å². The molecule has 3 aliphatic heterocycles. The molecule has 6 rings (SSSR count). The minimum atomic E-state index is -0.742. The number of likely N-dealkylation sites (tertiary alicyclic amines) is 1. The fourth-order valence-electron chi connectivity index (χ4n) is 6.00. The summed E-state index contributed by atoms with van der Waals surface area (Å²) in [7, 11) is 1.63. The molecule has 1 atom stereocenters. The number of anilines is 2. The zero-order valence-electron chi connectivity index (χ0n) is 23.3. The number of halogens is 1. The van der Waals surface area contributed by atoms with Crippen LogP contribution < -0.4 is 24.6 Å². The van der Waals surface area contributed by atoms with Crippen LogP contribution in [0.15, 0.2) is 36.4 Å². The number of piperidine rings is 1. The van der Waals surface area contributed by atoms with Crippen LogP contribution >= 0.6 is 0 Å². The third-order valence-electron chi connectivity index (χ3n) is 8.02. The summed E-state index contributed by atoms with van der Waals surface area (Å²) in [6.07, 6.45) is 1.66. The van der Waals surface area contributed by atoms with Gasteiger partial charge in [0.2, 0.25) is 0 Å². The van der Waals surface area contributed by atoms with E-state index in [-0.39, 0.29) is 6.79 Å². The minimum absolute atomic E-state index is 0.200. The van der Waals surface area contributed by atoms with Crippen molar-refractivity contribution in [1.29, 1.82) is 0 Å². The fraction of sp³-hybridized carbons (Fsp3) is 0.533. The highest BCUT2D eigenvalue weighted by Gasteiger charge is 2.28. The van der Waals surface area contributed by atoms with Crippen LogP contribution in [0.2, 0.25) is 0 Å². The number of hydrogen-bond acceptors (Lipinski definition) is 9. The first kappa shape index (κ1) is 27.0. The molecule has 0 bridgehead atoms. The van der Waals surface area contributed by atoms with Crippen molar-refractivity contribution in [3.05, 3.63) is 47.7 Å². The van der Waals surface area contributed by atoms with Crippen LogP contribution in [0.5, 0.6) is 11.8 Å². The molecule has 0 aliphatic carbocycles. The van der Waals surface area contributed by atoms with Gasteiger partial charge >= 0.3 is 6.01 Å². The number of nitrogens with one attached hydrogen (secondary N) is 1. The first-order chi connectivity index (χ1) is 19.7. The van der Waals surface area contributed by atoms with Crippen LogP contribution in [0, 0.1) is 0 Å². The number of rotatable bonds is 9. The first-order valence-corrected chi connectivity index (χ1v) is 14.4. The van der Waals surface area contributed by atoms with Gasteiger partial charge in [0.05, 0.1) is 12.2 Å². The Labute approximate surface area is 235 Å². The molecule has 214 valence electrons. The van der Waals surface area contributed by atoms with Gasteiger partial charge in [-0.15, -0.1) is 0 Å². The van der Waals surface area contributed by atoms with E-state index >= 15 is 0 Å². The van der Waals surface area contributed by atoms with E-state index in [1.165, 1.54) is 10.9 Å². The summed E-state index contributed by atoms with van der Waals surface area (Å²) in [6.45, 7) is 7.90. The number of ether oxygens (including phenoxy) is 3. The summed E-state index contributed by atoms with van der Waals surface area (Å²) in [5.41, 5.74) is 3.32. The molecule has 0 amide bonds. The number of alkyl halides is 1. The average molecular weight is 551 g/mol. The molecule has 2 aromatic carbocycles. The van der Waals surface area contributed by atoms with Gasteiger partial charge in [0.25, 0.3) is 0 Å². The Morgan fingerprint density at radius 3 is 2.75 bits per heavy atom. The molecule has 0 saturated carbocycles. The Kier molecular flexibility index (Phi) is 8.45. The maximum Gasteiger partial charge on any atom is 0.318 e. The Morgan fingerprint density at radius 1 is 1.02 bits per heavy atom. The van der Waals surface area contributed by atoms with E-state index in [1.807, 2.05) is 6.07 Å². The van der Waals surface area contributed by atoms with Crippen molar-refractivity contribution >= 4 is 22.3 Å². The Bertz CT molecular complexity index is 1300. The van der Waals surface area contributed by atoms with Crippen molar-refractivity contribution in [2.24, 2.45) is 0 Å². The summed E-state index contributed by atoms with van der Waals surface area (Å²) in [6, 6.07) is 12.9. The molecule has 1 N–H and O–H groups in total. The number of nitrogens with zero attached hydrogens (tertiary/aromatic N) is 5. The molecule has 1 unspecified atom stereocenters. The lowest BCUT2D eigenvalue weighted by molar-refractivity contribution is 0.0512. The molecule has 3 aliphatic rings. The van der Waals surface area contributed by atoms with Crippen molar-refractivity contribution in [2.45, 2.75) is 32.0 Å². The third-order valence-corrected chi connectivity index (χ3v) is 8.02. The number of benzene rings is 2. The highest BCUT2D eigenvalue weighted by Crippen LogP contribution is 2.36. The molecule has 0 radical (unpaired) electrons. The largest absolute Gasteiger partial charge is 0.467 e. The Morgan fingerprint density at radius 2 is 1.90 bits per heavy atom. The Balaban J connectivity index is 1.27. The zero-order chi connectivity index (χ0) is 27.3. The SMILES string of the molecule is COCOc1cc(N2CCc3c(nc(OCCN4CCCC(F)C4)nc3N3CCNCC3)C2)c2ccccc2c1. The van der Waals surface area contributed by atoms with Crippen LogP contribution in [0.3, 0.4) is 0 Å². The second-order valence-corrected chi connectivity index (χ2v) is 10.8. The zero-order valence-corrected chi connectivity index (χ0v) is 23.3. The maximum atomic E-state index is 13.9. The van der Waals surface area contributed by atoms with Gasteiger partial charge in [-0.25, -0.2) is 4.39 Å². The number of piperazine rings is 1. The number of methoxy groups -OCH3 is 1. The van der Waals surface area contributed by atoms with Gasteiger partial charge in [-0.1, -0.05) is 24.3 Å². The predicted octanol–water partition coefficient (Wildman–Crippen LogP) is 3.40. The second-order valence-electron chi connectivity index (χ2n) is 10.8. The quantitative estimate of drug-likeness (QED) is 0.404. The monoisotopic (exact) mass is 550 g/mol. The highest BCUT2D eigenvalue weighted by molar-refractivity contribution is 5.95. The summed E-state index contributed by atoms with van der Waals surface area (Å²) in [5, 5.41) is 5.74. The van der Waals surface area contributed by atoms with Crippen LogP contribution in [-0.4, -0.2) is 93.9 Å². The van der Waals surface area contributed by atoms with Crippen molar-refractivity contribution in [2.75, 3.05) is 82.7 Å². The minimum Gasteiger partial charge on any atom is -0.467 e. The van der Waals surface area contributed by atoms with E-state index in [1.54, 1.807) is 7.11 Å². The molecule has 9 nitrogen and oxygen atoms in total. The average Bonchev–Trinajstić information content (AvgIpc) is 2.99. The van der Waals surface area contributed by atoms with Crippen molar-refractivity contribution < 1.29 is 18.6 Å². The number of hydrogen-bond donors (Lipinski definition) is 1. The molecule has 4 heterocycles. The van der Waals surface area contributed by atoms with Crippen molar-refractivity contribution in [1.82, 2.24) is 20.2 Å². The van der Waals surface area contributed by atoms with Gasteiger partial charge in [0.1, 0.15) is 24.3 Å². The standard InChI is InChI=1S/C30H39FN6O3/c1-38-21-40-24-17-22-5-2-3-7-25(22)28(18-24)37-12-8-26-27(20-37)33-30(34-29(26)36-13-9-32-10-14-36)39-16-15-35-11-4-6-23(31)19-35/h2-3,5,7,17-18,23,32H,4,6,8-16,19-21H2,1H3. The fourth-order valence-corrected chi connectivity index (χ4v) is 6.00. The van der Waals surface area contributed by atoms with Gasteiger partial charge in [0, 0.05) is 75.6 Å².